The van der Waals surface area contributed by atoms with Crippen LogP contribution in [0.15, 0.2) is 18.3 Å². The molecule has 26 heavy (non-hydrogen) atoms. The monoisotopic (exact) mass is 371 g/mol. The number of likely N-dealkylation sites (N-methyl/N-ethyl adjacent to an activating group) is 1. The van der Waals surface area contributed by atoms with Crippen LogP contribution in [0.3, 0.4) is 0 Å². The molecule has 7 heteroatoms. The highest BCUT2D eigenvalue weighted by Crippen LogP contribution is 2.33. The molecule has 0 aliphatic carbocycles. The molecule has 0 fully saturated rings. The van der Waals surface area contributed by atoms with Crippen LogP contribution in [-0.2, 0) is 7.05 Å². The van der Waals surface area contributed by atoms with E-state index in [1.54, 1.807) is 34.2 Å². The smallest absolute Gasteiger partial charge is 0.278 e. The number of aromatic nitrogens is 3. The summed E-state index contributed by atoms with van der Waals surface area (Å²) in [4.78, 5) is 21.9. The fraction of sp³-hybridized carbons (Fsp3) is 0.421. The molecule has 2 heterocycles. The van der Waals surface area contributed by atoms with Gasteiger partial charge in [-0.2, -0.15) is 5.10 Å². The Morgan fingerprint density at radius 2 is 1.88 bits per heavy atom. The first-order valence-electron chi connectivity index (χ1n) is 8.61. The zero-order valence-electron chi connectivity index (χ0n) is 16.2. The molecular formula is C19H25N5OS. The second-order valence-corrected chi connectivity index (χ2v) is 7.96. The average molecular weight is 372 g/mol. The molecule has 3 aromatic rings. The van der Waals surface area contributed by atoms with Gasteiger partial charge in [0.2, 0.25) is 0 Å². The molecule has 0 aliphatic rings. The summed E-state index contributed by atoms with van der Waals surface area (Å²) in [5, 5.41) is 4.96. The van der Waals surface area contributed by atoms with Gasteiger partial charge in [0, 0.05) is 20.1 Å². The van der Waals surface area contributed by atoms with E-state index >= 15 is 0 Å². The van der Waals surface area contributed by atoms with Crippen molar-refractivity contribution < 1.29 is 4.79 Å². The molecule has 0 atom stereocenters. The molecule has 0 bridgehead atoms. The summed E-state index contributed by atoms with van der Waals surface area (Å²) in [7, 11) is 5.81. The van der Waals surface area contributed by atoms with Crippen molar-refractivity contribution in [3.63, 3.8) is 0 Å². The molecular weight excluding hydrogens is 346 g/mol. The van der Waals surface area contributed by atoms with Crippen molar-refractivity contribution in [2.24, 2.45) is 7.05 Å². The summed E-state index contributed by atoms with van der Waals surface area (Å²) >= 11 is 1.58. The van der Waals surface area contributed by atoms with E-state index in [-0.39, 0.29) is 5.91 Å². The second-order valence-electron chi connectivity index (χ2n) is 6.99. The van der Waals surface area contributed by atoms with Crippen molar-refractivity contribution in [1.82, 2.24) is 19.7 Å². The predicted octanol–water partition coefficient (Wildman–Crippen LogP) is 3.16. The maximum atomic E-state index is 13.3. The van der Waals surface area contributed by atoms with Gasteiger partial charge >= 0.3 is 0 Å². The Morgan fingerprint density at radius 1 is 1.15 bits per heavy atom. The number of rotatable bonds is 5. The first kappa shape index (κ1) is 18.5. The Hall–Kier alpha value is -2.25. The van der Waals surface area contributed by atoms with E-state index in [0.29, 0.717) is 12.2 Å². The standard InChI is InChI=1S/C19H25N5OS/c1-12-9-13(2)17-15(10-12)21-19(26-17)24(8-7-22(4)5)18(25)16-14(3)11-20-23(16)6/h9-11H,7-8H2,1-6H3. The van der Waals surface area contributed by atoms with E-state index in [2.05, 4.69) is 36.0 Å². The van der Waals surface area contributed by atoms with Gasteiger partial charge < -0.3 is 4.90 Å². The molecule has 0 radical (unpaired) electrons. The Labute approximate surface area is 158 Å². The molecule has 0 spiro atoms. The Bertz CT molecular complexity index is 937. The van der Waals surface area contributed by atoms with Crippen molar-refractivity contribution in [3.8, 4) is 0 Å². The van der Waals surface area contributed by atoms with Crippen molar-refractivity contribution in [2.45, 2.75) is 20.8 Å². The summed E-state index contributed by atoms with van der Waals surface area (Å²) in [5.41, 5.74) is 4.81. The van der Waals surface area contributed by atoms with E-state index < -0.39 is 0 Å². The molecule has 0 saturated heterocycles. The predicted molar refractivity (Wildman–Crippen MR) is 107 cm³/mol. The molecule has 0 unspecified atom stereocenters. The van der Waals surface area contributed by atoms with E-state index in [0.717, 1.165) is 27.5 Å². The lowest BCUT2D eigenvalue weighted by Crippen LogP contribution is -2.38. The zero-order chi connectivity index (χ0) is 19.0. The topological polar surface area (TPSA) is 54.3 Å². The third kappa shape index (κ3) is 3.50. The molecule has 0 saturated carbocycles. The van der Waals surface area contributed by atoms with Crippen LogP contribution < -0.4 is 4.90 Å². The number of carbonyl (C=O) groups excluding carboxylic acids is 1. The number of amides is 1. The van der Waals surface area contributed by atoms with Gasteiger partial charge in [-0.15, -0.1) is 0 Å². The van der Waals surface area contributed by atoms with Gasteiger partial charge in [0.05, 0.1) is 16.4 Å². The molecule has 138 valence electrons. The number of hydrogen-bond donors (Lipinski definition) is 0. The molecule has 0 aliphatic heterocycles. The van der Waals surface area contributed by atoms with Crippen LogP contribution >= 0.6 is 11.3 Å². The number of carbonyl (C=O) groups is 1. The Balaban J connectivity index is 2.06. The Kier molecular flexibility index (Phi) is 5.11. The van der Waals surface area contributed by atoms with Gasteiger partial charge in [0.1, 0.15) is 5.69 Å². The van der Waals surface area contributed by atoms with Gasteiger partial charge in [-0.05, 0) is 57.6 Å². The highest BCUT2D eigenvalue weighted by molar-refractivity contribution is 7.22. The van der Waals surface area contributed by atoms with Crippen molar-refractivity contribution in [2.75, 3.05) is 32.1 Å². The SMILES string of the molecule is Cc1cc(C)c2sc(N(CCN(C)C)C(=O)c3c(C)cnn3C)nc2c1. The molecule has 0 N–H and O–H groups in total. The highest BCUT2D eigenvalue weighted by Gasteiger charge is 2.25. The highest BCUT2D eigenvalue weighted by atomic mass is 32.1. The minimum Gasteiger partial charge on any atom is -0.308 e. The van der Waals surface area contributed by atoms with Gasteiger partial charge in [0.15, 0.2) is 5.13 Å². The van der Waals surface area contributed by atoms with Gasteiger partial charge in [-0.25, -0.2) is 4.98 Å². The summed E-state index contributed by atoms with van der Waals surface area (Å²) in [6.07, 6.45) is 1.73. The van der Waals surface area contributed by atoms with Crippen molar-refractivity contribution in [3.05, 3.63) is 40.7 Å². The van der Waals surface area contributed by atoms with Crippen LogP contribution in [0.2, 0.25) is 0 Å². The minimum absolute atomic E-state index is 0.0576. The van der Waals surface area contributed by atoms with E-state index in [1.165, 1.54) is 11.1 Å². The van der Waals surface area contributed by atoms with Crippen LogP contribution in [0.1, 0.15) is 27.2 Å². The van der Waals surface area contributed by atoms with Crippen LogP contribution in [0.25, 0.3) is 10.2 Å². The van der Waals surface area contributed by atoms with Crippen molar-refractivity contribution in [1.29, 1.82) is 0 Å². The number of hydrogen-bond acceptors (Lipinski definition) is 5. The summed E-state index contributed by atoms with van der Waals surface area (Å²) < 4.78 is 2.78. The fourth-order valence-corrected chi connectivity index (χ4v) is 4.09. The molecule has 3 rings (SSSR count). The van der Waals surface area contributed by atoms with Crippen molar-refractivity contribution >= 4 is 32.6 Å². The van der Waals surface area contributed by atoms with E-state index in [4.69, 9.17) is 4.98 Å². The third-order valence-corrected chi connectivity index (χ3v) is 5.61. The maximum absolute atomic E-state index is 13.3. The number of aryl methyl sites for hydroxylation is 4. The number of anilines is 1. The molecule has 6 nitrogen and oxygen atoms in total. The lowest BCUT2D eigenvalue weighted by molar-refractivity contribution is 0.0975. The van der Waals surface area contributed by atoms with Crippen LogP contribution in [-0.4, -0.2) is 52.8 Å². The normalized spacial score (nSPS) is 11.5. The molecule has 2 aromatic heterocycles. The van der Waals surface area contributed by atoms with Gasteiger partial charge in [-0.1, -0.05) is 17.4 Å². The maximum Gasteiger partial charge on any atom is 0.278 e. The fourth-order valence-electron chi connectivity index (χ4n) is 3.05. The number of nitrogens with zero attached hydrogens (tertiary/aromatic N) is 5. The number of fused-ring (bicyclic) bond motifs is 1. The molecule has 1 aromatic carbocycles. The van der Waals surface area contributed by atoms with Crippen LogP contribution in [0.4, 0.5) is 5.13 Å². The lowest BCUT2D eigenvalue weighted by Gasteiger charge is -2.22. The number of benzene rings is 1. The average Bonchev–Trinajstić information content (AvgIpc) is 3.10. The number of thiazole rings is 1. The van der Waals surface area contributed by atoms with E-state index in [1.807, 2.05) is 21.0 Å². The van der Waals surface area contributed by atoms with Gasteiger partial charge in [-0.3, -0.25) is 14.4 Å². The van der Waals surface area contributed by atoms with E-state index in [9.17, 15) is 4.79 Å². The summed E-state index contributed by atoms with van der Waals surface area (Å²) in [5.74, 6) is -0.0576. The summed E-state index contributed by atoms with van der Waals surface area (Å²) in [6, 6.07) is 4.23. The third-order valence-electron chi connectivity index (χ3n) is 4.38. The minimum atomic E-state index is -0.0576. The van der Waals surface area contributed by atoms with Crippen LogP contribution in [0.5, 0.6) is 0 Å². The van der Waals surface area contributed by atoms with Gasteiger partial charge in [0.25, 0.3) is 5.91 Å². The van der Waals surface area contributed by atoms with Crippen LogP contribution in [0, 0.1) is 20.8 Å². The lowest BCUT2D eigenvalue weighted by atomic mass is 10.1. The Morgan fingerprint density at radius 3 is 2.50 bits per heavy atom. The first-order valence-corrected chi connectivity index (χ1v) is 9.42. The quantitative estimate of drug-likeness (QED) is 0.691. The zero-order valence-corrected chi connectivity index (χ0v) is 17.0. The first-order chi connectivity index (χ1) is 12.3. The summed E-state index contributed by atoms with van der Waals surface area (Å²) in [6.45, 7) is 7.41. The molecule has 1 amide bonds. The largest absolute Gasteiger partial charge is 0.308 e. The second kappa shape index (κ2) is 7.17.